The molecule has 0 unspecified atom stereocenters. The number of aryl methyl sites for hydroxylation is 2. The molecule has 3 rings (SSSR count). The zero-order valence-corrected chi connectivity index (χ0v) is 15.8. The van der Waals surface area contributed by atoms with Crippen molar-refractivity contribution in [2.45, 2.75) is 33.0 Å². The molecule has 0 saturated heterocycles. The highest BCUT2D eigenvalue weighted by molar-refractivity contribution is 5.98. The van der Waals surface area contributed by atoms with Crippen LogP contribution < -0.4 is 10.9 Å². The minimum Gasteiger partial charge on any atom is -0.329 e. The third kappa shape index (κ3) is 4.56. The number of hydrazine groups is 1. The summed E-state index contributed by atoms with van der Waals surface area (Å²) in [6.07, 6.45) is -4.60. The molecule has 2 N–H and O–H groups in total. The van der Waals surface area contributed by atoms with E-state index in [0.717, 1.165) is 30.0 Å². The minimum absolute atomic E-state index is 0.169. The summed E-state index contributed by atoms with van der Waals surface area (Å²) in [7, 11) is 0. The van der Waals surface area contributed by atoms with Gasteiger partial charge in [-0.25, -0.2) is 4.98 Å². The molecule has 3 aromatic rings. The van der Waals surface area contributed by atoms with Crippen LogP contribution in [-0.2, 0) is 23.9 Å². The summed E-state index contributed by atoms with van der Waals surface area (Å²) >= 11 is 0. The summed E-state index contributed by atoms with van der Waals surface area (Å²) in [6, 6.07) is 9.33. The highest BCUT2D eigenvalue weighted by atomic mass is 19.4. The maximum atomic E-state index is 12.6. The number of rotatable bonds is 4. The molecule has 0 radical (unpaired) electrons. The molecule has 152 valence electrons. The van der Waals surface area contributed by atoms with Gasteiger partial charge in [0.15, 0.2) is 0 Å². The molecule has 2 aromatic carbocycles. The maximum Gasteiger partial charge on any atom is 0.416 e. The number of fused-ring (bicyclic) bond motifs is 1. The van der Waals surface area contributed by atoms with Gasteiger partial charge in [0.25, 0.3) is 5.91 Å². The first-order chi connectivity index (χ1) is 13.7. The van der Waals surface area contributed by atoms with Crippen molar-refractivity contribution in [3.05, 3.63) is 65.0 Å². The standard InChI is InChI=1S/C20H19F3N4O2/c1-3-27-12(2)24-16-11-14(6-9-17(16)27)19(29)26-25-18(28)10-13-4-7-15(8-5-13)20(21,22)23/h4-9,11H,3,10H2,1-2H3,(H,25,28)(H,26,29). The predicted octanol–water partition coefficient (Wildman–Crippen LogP) is 3.39. The second-order valence-electron chi connectivity index (χ2n) is 6.48. The van der Waals surface area contributed by atoms with Crippen LogP contribution in [0.2, 0.25) is 0 Å². The number of nitrogens with zero attached hydrogens (tertiary/aromatic N) is 2. The SMILES string of the molecule is CCn1c(C)nc2cc(C(=O)NNC(=O)Cc3ccc(C(F)(F)F)cc3)ccc21. The van der Waals surface area contributed by atoms with Crippen LogP contribution in [0.3, 0.4) is 0 Å². The molecule has 0 aliphatic heterocycles. The van der Waals surface area contributed by atoms with Crippen LogP contribution in [0, 0.1) is 6.92 Å². The fraction of sp³-hybridized carbons (Fsp3) is 0.250. The third-order valence-corrected chi connectivity index (χ3v) is 4.48. The number of nitrogens with one attached hydrogen (secondary N) is 2. The van der Waals surface area contributed by atoms with E-state index in [4.69, 9.17) is 0 Å². The van der Waals surface area contributed by atoms with Gasteiger partial charge in [0.2, 0.25) is 5.91 Å². The van der Waals surface area contributed by atoms with E-state index in [1.807, 2.05) is 18.4 Å². The van der Waals surface area contributed by atoms with Crippen LogP contribution in [0.5, 0.6) is 0 Å². The Labute approximate surface area is 164 Å². The van der Waals surface area contributed by atoms with Gasteiger partial charge in [0.1, 0.15) is 5.82 Å². The fourth-order valence-electron chi connectivity index (χ4n) is 3.03. The van der Waals surface area contributed by atoms with Gasteiger partial charge in [-0.05, 0) is 49.7 Å². The first kappa shape index (κ1) is 20.4. The van der Waals surface area contributed by atoms with Gasteiger partial charge in [-0.1, -0.05) is 12.1 Å². The Morgan fingerprint density at radius 1 is 1.07 bits per heavy atom. The molecule has 0 spiro atoms. The molecule has 2 amide bonds. The smallest absolute Gasteiger partial charge is 0.329 e. The van der Waals surface area contributed by atoms with Gasteiger partial charge >= 0.3 is 6.18 Å². The molecule has 1 heterocycles. The van der Waals surface area contributed by atoms with E-state index >= 15 is 0 Å². The normalized spacial score (nSPS) is 11.5. The number of carbonyl (C=O) groups is 2. The van der Waals surface area contributed by atoms with E-state index in [-0.39, 0.29) is 6.42 Å². The lowest BCUT2D eigenvalue weighted by Crippen LogP contribution is -2.42. The van der Waals surface area contributed by atoms with Crippen LogP contribution in [0.15, 0.2) is 42.5 Å². The first-order valence-corrected chi connectivity index (χ1v) is 8.91. The molecule has 1 aromatic heterocycles. The zero-order valence-electron chi connectivity index (χ0n) is 15.8. The van der Waals surface area contributed by atoms with Crippen molar-refractivity contribution in [1.82, 2.24) is 20.4 Å². The van der Waals surface area contributed by atoms with Crippen molar-refractivity contribution < 1.29 is 22.8 Å². The number of alkyl halides is 3. The van der Waals surface area contributed by atoms with Crippen molar-refractivity contribution in [2.24, 2.45) is 0 Å². The minimum atomic E-state index is -4.43. The molecule has 0 fully saturated rings. The lowest BCUT2D eigenvalue weighted by molar-refractivity contribution is -0.137. The molecule has 0 atom stereocenters. The van der Waals surface area contributed by atoms with Crippen LogP contribution in [-0.4, -0.2) is 21.4 Å². The van der Waals surface area contributed by atoms with Crippen molar-refractivity contribution in [1.29, 1.82) is 0 Å². The number of benzene rings is 2. The van der Waals surface area contributed by atoms with Crippen molar-refractivity contribution in [2.75, 3.05) is 0 Å². The molecule has 9 heteroatoms. The molecule has 0 saturated carbocycles. The van der Waals surface area contributed by atoms with Gasteiger partial charge in [-0.3, -0.25) is 20.4 Å². The molecular weight excluding hydrogens is 385 g/mol. The van der Waals surface area contributed by atoms with Crippen molar-refractivity contribution in [3.63, 3.8) is 0 Å². The second kappa shape index (κ2) is 7.94. The summed E-state index contributed by atoms with van der Waals surface area (Å²) in [5.41, 5.74) is 6.09. The second-order valence-corrected chi connectivity index (χ2v) is 6.48. The van der Waals surface area contributed by atoms with Gasteiger partial charge < -0.3 is 4.57 Å². The summed E-state index contributed by atoms with van der Waals surface area (Å²) < 4.78 is 39.7. The Kier molecular flexibility index (Phi) is 5.58. The average Bonchev–Trinajstić information content (AvgIpc) is 2.99. The summed E-state index contributed by atoms with van der Waals surface area (Å²) in [5.74, 6) is -0.230. The largest absolute Gasteiger partial charge is 0.416 e. The molecule has 29 heavy (non-hydrogen) atoms. The fourth-order valence-corrected chi connectivity index (χ4v) is 3.03. The number of imidazole rings is 1. The molecule has 0 aliphatic carbocycles. The third-order valence-electron chi connectivity index (χ3n) is 4.48. The Bertz CT molecular complexity index is 1060. The zero-order chi connectivity index (χ0) is 21.2. The Hall–Kier alpha value is -3.36. The highest BCUT2D eigenvalue weighted by Crippen LogP contribution is 2.29. The molecule has 0 bridgehead atoms. The Morgan fingerprint density at radius 2 is 1.76 bits per heavy atom. The van der Waals surface area contributed by atoms with E-state index < -0.39 is 23.6 Å². The first-order valence-electron chi connectivity index (χ1n) is 8.91. The molecular formula is C20H19F3N4O2. The summed E-state index contributed by atoms with van der Waals surface area (Å²) in [5, 5.41) is 0. The summed E-state index contributed by atoms with van der Waals surface area (Å²) in [4.78, 5) is 28.7. The average molecular weight is 404 g/mol. The number of hydrogen-bond acceptors (Lipinski definition) is 3. The van der Waals surface area contributed by atoms with Gasteiger partial charge in [0.05, 0.1) is 23.0 Å². The van der Waals surface area contributed by atoms with E-state index in [9.17, 15) is 22.8 Å². The number of carbonyl (C=O) groups excluding carboxylic acids is 2. The van der Waals surface area contributed by atoms with Crippen molar-refractivity contribution >= 4 is 22.8 Å². The van der Waals surface area contributed by atoms with Gasteiger partial charge in [0, 0.05) is 12.1 Å². The van der Waals surface area contributed by atoms with E-state index in [1.54, 1.807) is 18.2 Å². The Morgan fingerprint density at radius 3 is 2.38 bits per heavy atom. The van der Waals surface area contributed by atoms with Crippen LogP contribution in [0.1, 0.15) is 34.2 Å². The number of halogens is 3. The van der Waals surface area contributed by atoms with Crippen LogP contribution in [0.4, 0.5) is 13.2 Å². The molecule has 6 nitrogen and oxygen atoms in total. The maximum absolute atomic E-state index is 12.6. The molecule has 0 aliphatic rings. The number of aromatic nitrogens is 2. The van der Waals surface area contributed by atoms with E-state index in [2.05, 4.69) is 15.8 Å². The predicted molar refractivity (Wildman–Crippen MR) is 101 cm³/mol. The monoisotopic (exact) mass is 404 g/mol. The van der Waals surface area contributed by atoms with Gasteiger partial charge in [-0.2, -0.15) is 13.2 Å². The van der Waals surface area contributed by atoms with Gasteiger partial charge in [-0.15, -0.1) is 0 Å². The van der Waals surface area contributed by atoms with E-state index in [1.165, 1.54) is 12.1 Å². The lowest BCUT2D eigenvalue weighted by Gasteiger charge is -2.09. The number of amides is 2. The summed E-state index contributed by atoms with van der Waals surface area (Å²) in [6.45, 7) is 4.64. The lowest BCUT2D eigenvalue weighted by atomic mass is 10.1. The Balaban J connectivity index is 1.60. The van der Waals surface area contributed by atoms with Crippen molar-refractivity contribution in [3.8, 4) is 0 Å². The topological polar surface area (TPSA) is 76.0 Å². The highest BCUT2D eigenvalue weighted by Gasteiger charge is 2.29. The van der Waals surface area contributed by atoms with Crippen LogP contribution in [0.25, 0.3) is 11.0 Å². The number of hydrogen-bond donors (Lipinski definition) is 2. The van der Waals surface area contributed by atoms with Crippen LogP contribution >= 0.6 is 0 Å². The quantitative estimate of drug-likeness (QED) is 0.655. The van der Waals surface area contributed by atoms with E-state index in [0.29, 0.717) is 16.6 Å².